The van der Waals surface area contributed by atoms with Crippen molar-refractivity contribution in [3.8, 4) is 0 Å². The molecule has 1 aromatic heterocycles. The average molecular weight is 282 g/mol. The third-order valence-electron chi connectivity index (χ3n) is 3.38. The predicted molar refractivity (Wildman–Crippen MR) is 75.7 cm³/mol. The highest BCUT2D eigenvalue weighted by molar-refractivity contribution is 5.99. The van der Waals surface area contributed by atoms with Crippen LogP contribution in [-0.4, -0.2) is 42.1 Å². The highest BCUT2D eigenvalue weighted by Crippen LogP contribution is 2.25. The molecule has 1 aromatic rings. The Labute approximate surface area is 118 Å². The molecule has 0 saturated carbocycles. The average Bonchev–Trinajstić information content (AvgIpc) is 2.76. The van der Waals surface area contributed by atoms with Crippen molar-refractivity contribution in [2.75, 3.05) is 31.4 Å². The SMILES string of the molecule is CCCn1nc(NC2CCOCC2)c(C(=O)OC)c1N. The second kappa shape index (κ2) is 6.60. The van der Waals surface area contributed by atoms with Crippen molar-refractivity contribution < 1.29 is 14.3 Å². The molecule has 1 fully saturated rings. The van der Waals surface area contributed by atoms with E-state index in [4.69, 9.17) is 15.2 Å². The fraction of sp³-hybridized carbons (Fsp3) is 0.692. The quantitative estimate of drug-likeness (QED) is 0.790. The van der Waals surface area contributed by atoms with Crippen molar-refractivity contribution in [3.05, 3.63) is 5.56 Å². The molecular formula is C13H22N4O3. The topological polar surface area (TPSA) is 91.4 Å². The number of anilines is 2. The minimum absolute atomic E-state index is 0.247. The van der Waals surface area contributed by atoms with E-state index in [1.54, 1.807) is 4.68 Å². The molecule has 2 heterocycles. The van der Waals surface area contributed by atoms with Gasteiger partial charge in [-0.15, -0.1) is 0 Å². The molecule has 7 nitrogen and oxygen atoms in total. The molecule has 0 amide bonds. The van der Waals surface area contributed by atoms with E-state index < -0.39 is 5.97 Å². The Morgan fingerprint density at radius 3 is 2.85 bits per heavy atom. The van der Waals surface area contributed by atoms with E-state index in [0.29, 0.717) is 23.7 Å². The Bertz CT molecular complexity index is 466. The normalized spacial score (nSPS) is 16.1. The summed E-state index contributed by atoms with van der Waals surface area (Å²) in [6, 6.07) is 0.247. The lowest BCUT2D eigenvalue weighted by molar-refractivity contribution is 0.0602. The van der Waals surface area contributed by atoms with E-state index in [9.17, 15) is 4.79 Å². The van der Waals surface area contributed by atoms with Crippen LogP contribution in [0.2, 0.25) is 0 Å². The smallest absolute Gasteiger partial charge is 0.345 e. The molecule has 1 aliphatic rings. The van der Waals surface area contributed by atoms with Gasteiger partial charge in [0.2, 0.25) is 0 Å². The van der Waals surface area contributed by atoms with E-state index >= 15 is 0 Å². The Morgan fingerprint density at radius 1 is 1.55 bits per heavy atom. The zero-order valence-corrected chi connectivity index (χ0v) is 12.0. The van der Waals surface area contributed by atoms with E-state index in [1.807, 2.05) is 6.92 Å². The molecule has 0 spiro atoms. The molecule has 20 heavy (non-hydrogen) atoms. The number of hydrogen-bond acceptors (Lipinski definition) is 6. The lowest BCUT2D eigenvalue weighted by Crippen LogP contribution is -2.28. The second-order valence-corrected chi connectivity index (χ2v) is 4.85. The summed E-state index contributed by atoms with van der Waals surface area (Å²) in [7, 11) is 1.34. The maximum absolute atomic E-state index is 11.9. The Balaban J connectivity index is 2.24. The van der Waals surface area contributed by atoms with Crippen LogP contribution in [0, 0.1) is 0 Å². The number of rotatable bonds is 5. The van der Waals surface area contributed by atoms with Crippen LogP contribution in [0.3, 0.4) is 0 Å². The van der Waals surface area contributed by atoms with Crippen molar-refractivity contribution >= 4 is 17.6 Å². The summed E-state index contributed by atoms with van der Waals surface area (Å²) in [5, 5.41) is 7.69. The van der Waals surface area contributed by atoms with Gasteiger partial charge in [-0.25, -0.2) is 9.48 Å². The van der Waals surface area contributed by atoms with Gasteiger partial charge in [0.05, 0.1) is 7.11 Å². The Kier molecular flexibility index (Phi) is 4.84. The summed E-state index contributed by atoms with van der Waals surface area (Å²) in [4.78, 5) is 11.9. The van der Waals surface area contributed by atoms with Gasteiger partial charge in [-0.1, -0.05) is 6.92 Å². The first kappa shape index (κ1) is 14.6. The number of nitrogens with zero attached hydrogens (tertiary/aromatic N) is 2. The molecular weight excluding hydrogens is 260 g/mol. The maximum atomic E-state index is 11.9. The van der Waals surface area contributed by atoms with Gasteiger partial charge in [-0.05, 0) is 19.3 Å². The molecule has 0 aliphatic carbocycles. The minimum Gasteiger partial charge on any atom is -0.465 e. The number of carbonyl (C=O) groups is 1. The van der Waals surface area contributed by atoms with Crippen LogP contribution in [0.1, 0.15) is 36.5 Å². The first-order valence-corrected chi connectivity index (χ1v) is 6.96. The van der Waals surface area contributed by atoms with Gasteiger partial charge in [-0.2, -0.15) is 5.10 Å². The monoisotopic (exact) mass is 282 g/mol. The number of nitrogens with one attached hydrogen (secondary N) is 1. The zero-order valence-electron chi connectivity index (χ0n) is 12.0. The summed E-state index contributed by atoms with van der Waals surface area (Å²) in [5.74, 6) is 0.405. The number of esters is 1. The third kappa shape index (κ3) is 3.04. The Morgan fingerprint density at radius 2 is 2.25 bits per heavy atom. The number of hydrogen-bond donors (Lipinski definition) is 2. The van der Waals surface area contributed by atoms with Gasteiger partial charge in [0.1, 0.15) is 11.4 Å². The van der Waals surface area contributed by atoms with Gasteiger partial charge in [0, 0.05) is 25.8 Å². The standard InChI is InChI=1S/C13H22N4O3/c1-3-6-17-11(14)10(13(18)19-2)12(16-17)15-9-4-7-20-8-5-9/h9H,3-8,14H2,1-2H3,(H,15,16). The number of nitrogen functional groups attached to an aromatic ring is 1. The molecule has 0 radical (unpaired) electrons. The van der Waals surface area contributed by atoms with E-state index in [2.05, 4.69) is 10.4 Å². The van der Waals surface area contributed by atoms with Crippen LogP contribution in [-0.2, 0) is 16.0 Å². The summed E-state index contributed by atoms with van der Waals surface area (Å²) < 4.78 is 11.8. The van der Waals surface area contributed by atoms with Crippen molar-refractivity contribution in [3.63, 3.8) is 0 Å². The number of nitrogens with two attached hydrogens (primary N) is 1. The Hall–Kier alpha value is -1.76. The van der Waals surface area contributed by atoms with Crippen molar-refractivity contribution in [2.45, 2.75) is 38.8 Å². The molecule has 1 saturated heterocycles. The highest BCUT2D eigenvalue weighted by atomic mass is 16.5. The zero-order chi connectivity index (χ0) is 14.5. The fourth-order valence-electron chi connectivity index (χ4n) is 2.30. The lowest BCUT2D eigenvalue weighted by Gasteiger charge is -2.23. The van der Waals surface area contributed by atoms with Crippen LogP contribution >= 0.6 is 0 Å². The largest absolute Gasteiger partial charge is 0.465 e. The number of ether oxygens (including phenoxy) is 2. The molecule has 3 N–H and O–H groups in total. The third-order valence-corrected chi connectivity index (χ3v) is 3.38. The number of methoxy groups -OCH3 is 1. The maximum Gasteiger partial charge on any atom is 0.345 e. The minimum atomic E-state index is -0.459. The highest BCUT2D eigenvalue weighted by Gasteiger charge is 2.25. The fourth-order valence-corrected chi connectivity index (χ4v) is 2.30. The second-order valence-electron chi connectivity index (χ2n) is 4.85. The number of carbonyl (C=O) groups excluding carboxylic acids is 1. The van der Waals surface area contributed by atoms with Crippen molar-refractivity contribution in [1.82, 2.24) is 9.78 Å². The van der Waals surface area contributed by atoms with Crippen LogP contribution in [0.4, 0.5) is 11.6 Å². The summed E-state index contributed by atoms with van der Waals surface area (Å²) in [6.45, 7) is 4.14. The molecule has 0 unspecified atom stereocenters. The molecule has 0 aromatic carbocycles. The molecule has 0 atom stereocenters. The van der Waals surface area contributed by atoms with Gasteiger partial charge >= 0.3 is 5.97 Å². The molecule has 0 bridgehead atoms. The van der Waals surface area contributed by atoms with Crippen LogP contribution in [0.15, 0.2) is 0 Å². The molecule has 2 rings (SSSR count). The van der Waals surface area contributed by atoms with Gasteiger partial charge < -0.3 is 20.5 Å². The van der Waals surface area contributed by atoms with E-state index in [1.165, 1.54) is 7.11 Å². The summed E-state index contributed by atoms with van der Waals surface area (Å²) >= 11 is 0. The van der Waals surface area contributed by atoms with Crippen LogP contribution in [0.25, 0.3) is 0 Å². The molecule has 1 aliphatic heterocycles. The number of aryl methyl sites for hydroxylation is 1. The van der Waals surface area contributed by atoms with Crippen molar-refractivity contribution in [2.24, 2.45) is 0 Å². The van der Waals surface area contributed by atoms with Gasteiger partial charge in [0.25, 0.3) is 0 Å². The van der Waals surface area contributed by atoms with Crippen molar-refractivity contribution in [1.29, 1.82) is 0 Å². The summed E-state index contributed by atoms with van der Waals surface area (Å²) in [5.41, 5.74) is 6.33. The van der Waals surface area contributed by atoms with Gasteiger partial charge in [-0.3, -0.25) is 0 Å². The van der Waals surface area contributed by atoms with Gasteiger partial charge in [0.15, 0.2) is 5.82 Å². The van der Waals surface area contributed by atoms with E-state index in [-0.39, 0.29) is 6.04 Å². The first-order valence-electron chi connectivity index (χ1n) is 6.96. The number of aromatic nitrogens is 2. The first-order chi connectivity index (χ1) is 9.67. The van der Waals surface area contributed by atoms with Crippen LogP contribution < -0.4 is 11.1 Å². The predicted octanol–water partition coefficient (Wildman–Crippen LogP) is 1.25. The van der Waals surface area contributed by atoms with E-state index in [0.717, 1.165) is 32.5 Å². The lowest BCUT2D eigenvalue weighted by atomic mass is 10.1. The molecule has 112 valence electrons. The van der Waals surface area contributed by atoms with Crippen LogP contribution in [0.5, 0.6) is 0 Å². The summed E-state index contributed by atoms with van der Waals surface area (Å²) in [6.07, 6.45) is 2.67. The molecule has 7 heteroatoms.